The van der Waals surface area contributed by atoms with Gasteiger partial charge in [0.05, 0.1) is 19.6 Å². The summed E-state index contributed by atoms with van der Waals surface area (Å²) in [6.45, 7) is 2.71. The Balaban J connectivity index is 1.04. The number of hydrogen-bond donors (Lipinski definition) is 1. The number of nitrogens with one attached hydrogen (secondary N) is 1. The third-order valence-corrected chi connectivity index (χ3v) is 12.6. The molecular formula is C54H60N6O6. The molecule has 1 aromatic heterocycles. The summed E-state index contributed by atoms with van der Waals surface area (Å²) in [4.78, 5) is 60.3. The van der Waals surface area contributed by atoms with Gasteiger partial charge in [0, 0.05) is 37.6 Å². The van der Waals surface area contributed by atoms with Crippen molar-refractivity contribution in [2.75, 3.05) is 13.1 Å². The van der Waals surface area contributed by atoms with Crippen LogP contribution in [0.25, 0.3) is 22.0 Å². The number of esters is 1. The molecule has 342 valence electrons. The molecule has 66 heavy (non-hydrogen) atoms. The molecule has 12 nitrogen and oxygen atoms in total. The Morgan fingerprint density at radius 1 is 0.742 bits per heavy atom. The van der Waals surface area contributed by atoms with Gasteiger partial charge in [-0.15, -0.1) is 0 Å². The van der Waals surface area contributed by atoms with Gasteiger partial charge >= 0.3 is 12.0 Å². The van der Waals surface area contributed by atoms with Crippen molar-refractivity contribution in [3.63, 3.8) is 0 Å². The van der Waals surface area contributed by atoms with Crippen molar-refractivity contribution in [3.8, 4) is 17.0 Å². The van der Waals surface area contributed by atoms with E-state index in [9.17, 15) is 19.2 Å². The van der Waals surface area contributed by atoms with E-state index in [1.807, 2.05) is 121 Å². The summed E-state index contributed by atoms with van der Waals surface area (Å²) >= 11 is 0. The molecule has 0 spiro atoms. The number of carbonyl (C=O) groups excluding carboxylic acids is 4. The highest BCUT2D eigenvalue weighted by molar-refractivity contribution is 5.92. The van der Waals surface area contributed by atoms with Gasteiger partial charge in [0.1, 0.15) is 23.7 Å². The van der Waals surface area contributed by atoms with Gasteiger partial charge in [-0.2, -0.15) is 5.01 Å². The molecule has 8 rings (SSSR count). The van der Waals surface area contributed by atoms with Crippen molar-refractivity contribution in [2.24, 2.45) is 0 Å². The number of ether oxygens (including phenoxy) is 1. The van der Waals surface area contributed by atoms with Crippen LogP contribution in [0, 0.1) is 0 Å². The zero-order chi connectivity index (χ0) is 45.7. The highest BCUT2D eigenvalue weighted by atomic mass is 16.5. The second-order valence-corrected chi connectivity index (χ2v) is 17.4. The van der Waals surface area contributed by atoms with E-state index < -0.39 is 18.2 Å². The van der Waals surface area contributed by atoms with Gasteiger partial charge in [-0.1, -0.05) is 179 Å². The molecule has 0 bridgehead atoms. The van der Waals surface area contributed by atoms with Crippen LogP contribution in [0.5, 0.6) is 5.75 Å². The van der Waals surface area contributed by atoms with E-state index in [2.05, 4.69) is 17.4 Å². The Bertz CT molecular complexity index is 2540. The average Bonchev–Trinajstić information content (AvgIpc) is 3.81. The molecule has 0 aliphatic carbocycles. The summed E-state index contributed by atoms with van der Waals surface area (Å²) in [5.74, 6) is 0.126. The van der Waals surface area contributed by atoms with Crippen LogP contribution in [0.15, 0.2) is 138 Å². The van der Waals surface area contributed by atoms with Gasteiger partial charge in [0.2, 0.25) is 11.8 Å². The number of urea groups is 1. The van der Waals surface area contributed by atoms with Gasteiger partial charge in [-0.05, 0) is 46.0 Å². The largest absolute Gasteiger partial charge is 0.427 e. The fourth-order valence-electron chi connectivity index (χ4n) is 9.16. The number of benzene rings is 5. The molecule has 0 saturated carbocycles. The Morgan fingerprint density at radius 2 is 1.42 bits per heavy atom. The van der Waals surface area contributed by atoms with Crippen LogP contribution in [0.1, 0.15) is 93.6 Å². The van der Waals surface area contributed by atoms with Crippen molar-refractivity contribution < 1.29 is 28.4 Å². The summed E-state index contributed by atoms with van der Waals surface area (Å²) < 4.78 is 11.5. The minimum atomic E-state index is -0.937. The first-order chi connectivity index (χ1) is 32.3. The first kappa shape index (κ1) is 45.8. The molecule has 5 aromatic carbocycles. The van der Waals surface area contributed by atoms with Crippen LogP contribution >= 0.6 is 0 Å². The topological polar surface area (TPSA) is 129 Å². The Hall–Kier alpha value is -6.79. The van der Waals surface area contributed by atoms with Gasteiger partial charge in [-0.25, -0.2) is 9.80 Å². The van der Waals surface area contributed by atoms with E-state index in [4.69, 9.17) is 9.26 Å². The standard InChI is InChI=1S/C54H60N6O6/c1-2-3-4-5-6-7-8-9-16-28-52(62)65-45-31-29-40(30-32-45)33-49-53(63)57(36-44-26-19-25-42-22-17-18-27-47(42)44)38-50-59(49)51(61)39-58(60(50)54(64)55-35-41-20-12-10-13-21-41)37-46-34-48(56-66-46)43-23-14-11-15-24-43/h10-15,17-27,29-32,34,49-50H,2-9,16,28,33,35-39H2,1H3,(H,55,64)/t49-,50-/m0/s1. The van der Waals surface area contributed by atoms with E-state index in [1.54, 1.807) is 32.0 Å². The lowest BCUT2D eigenvalue weighted by Crippen LogP contribution is -2.76. The minimum Gasteiger partial charge on any atom is -0.427 e. The van der Waals surface area contributed by atoms with Crippen LogP contribution in [-0.2, 0) is 40.4 Å². The smallest absolute Gasteiger partial charge is 0.334 e. The predicted molar refractivity (Wildman–Crippen MR) is 254 cm³/mol. The first-order valence-corrected chi connectivity index (χ1v) is 23.6. The van der Waals surface area contributed by atoms with Gasteiger partial charge in [0.25, 0.3) is 0 Å². The van der Waals surface area contributed by atoms with Gasteiger partial charge < -0.3 is 24.4 Å². The Kier molecular flexibility index (Phi) is 15.5. The van der Waals surface area contributed by atoms with Crippen LogP contribution < -0.4 is 10.1 Å². The average molecular weight is 889 g/mol. The molecule has 0 unspecified atom stereocenters. The second-order valence-electron chi connectivity index (χ2n) is 17.4. The summed E-state index contributed by atoms with van der Waals surface area (Å²) in [5, 5.41) is 12.8. The lowest BCUT2D eigenvalue weighted by Gasteiger charge is -2.55. The number of amides is 4. The number of piperazine rings is 1. The summed E-state index contributed by atoms with van der Waals surface area (Å²) in [5.41, 5.74) is 4.17. The predicted octanol–water partition coefficient (Wildman–Crippen LogP) is 10.1. The quantitative estimate of drug-likeness (QED) is 0.0456. The number of carbonyl (C=O) groups is 4. The van der Waals surface area contributed by atoms with Crippen molar-refractivity contribution in [3.05, 3.63) is 156 Å². The van der Waals surface area contributed by atoms with Crippen molar-refractivity contribution in [2.45, 2.75) is 109 Å². The minimum absolute atomic E-state index is 0.0685. The van der Waals surface area contributed by atoms with E-state index >= 15 is 0 Å². The summed E-state index contributed by atoms with van der Waals surface area (Å²) in [7, 11) is 0. The van der Waals surface area contributed by atoms with Crippen LogP contribution in [0.3, 0.4) is 0 Å². The van der Waals surface area contributed by atoms with Crippen molar-refractivity contribution in [1.29, 1.82) is 0 Å². The summed E-state index contributed by atoms with van der Waals surface area (Å²) in [6, 6.07) is 41.0. The molecule has 1 N–H and O–H groups in total. The van der Waals surface area contributed by atoms with Crippen LogP contribution in [0.4, 0.5) is 4.79 Å². The fourth-order valence-corrected chi connectivity index (χ4v) is 9.16. The maximum absolute atomic E-state index is 14.9. The molecule has 3 heterocycles. The van der Waals surface area contributed by atoms with Crippen molar-refractivity contribution in [1.82, 2.24) is 30.3 Å². The number of hydrogen-bond acceptors (Lipinski definition) is 8. The number of nitrogens with zero attached hydrogens (tertiary/aromatic N) is 5. The van der Waals surface area contributed by atoms with Crippen LogP contribution in [0.2, 0.25) is 0 Å². The lowest BCUT2D eigenvalue weighted by atomic mass is 9.97. The normalized spacial score (nSPS) is 16.4. The summed E-state index contributed by atoms with van der Waals surface area (Å²) in [6.07, 6.45) is 10.2. The molecule has 2 aliphatic heterocycles. The molecule has 0 radical (unpaired) electrons. The molecule has 4 amide bonds. The Labute approximate surface area is 387 Å². The molecular weight excluding hydrogens is 829 g/mol. The third kappa shape index (κ3) is 11.5. The number of unbranched alkanes of at least 4 members (excludes halogenated alkanes) is 8. The van der Waals surface area contributed by atoms with Gasteiger partial charge in [-0.3, -0.25) is 14.4 Å². The van der Waals surface area contributed by atoms with E-state index in [0.29, 0.717) is 23.6 Å². The number of aromatic nitrogens is 1. The fraction of sp³-hybridized carbons (Fsp3) is 0.352. The monoisotopic (exact) mass is 888 g/mol. The third-order valence-electron chi connectivity index (χ3n) is 12.6. The molecule has 12 heteroatoms. The van der Waals surface area contributed by atoms with Gasteiger partial charge in [0.15, 0.2) is 5.76 Å². The zero-order valence-corrected chi connectivity index (χ0v) is 37.9. The first-order valence-electron chi connectivity index (χ1n) is 23.6. The second kappa shape index (κ2) is 22.4. The maximum Gasteiger partial charge on any atom is 0.334 e. The molecule has 6 aromatic rings. The SMILES string of the molecule is CCCCCCCCCCCC(=O)Oc1ccc(C[C@H]2C(=O)N(Cc3cccc4ccccc34)C[C@H]3N2C(=O)CN(Cc2cc(-c4ccccc4)no2)N3C(=O)NCc2ccccc2)cc1. The number of hydrazine groups is 1. The zero-order valence-electron chi connectivity index (χ0n) is 37.9. The van der Waals surface area contributed by atoms with Crippen LogP contribution in [-0.4, -0.2) is 74.1 Å². The van der Waals surface area contributed by atoms with Crippen molar-refractivity contribution >= 4 is 34.6 Å². The number of fused-ring (bicyclic) bond motifs is 2. The maximum atomic E-state index is 14.9. The number of rotatable bonds is 20. The van der Waals surface area contributed by atoms with E-state index in [1.165, 1.54) is 38.5 Å². The molecule has 2 aliphatic rings. The highest BCUT2D eigenvalue weighted by Crippen LogP contribution is 2.32. The lowest BCUT2D eigenvalue weighted by molar-refractivity contribution is -0.193. The van der Waals surface area contributed by atoms with E-state index in [0.717, 1.165) is 52.3 Å². The molecule has 2 fully saturated rings. The highest BCUT2D eigenvalue weighted by Gasteiger charge is 2.51. The Morgan fingerprint density at radius 3 is 2.18 bits per heavy atom. The molecule has 2 atom stereocenters. The van der Waals surface area contributed by atoms with E-state index in [-0.39, 0.29) is 56.9 Å². The molecule has 2 saturated heterocycles.